The summed E-state index contributed by atoms with van der Waals surface area (Å²) in [5.74, 6) is -2.44. The van der Waals surface area contributed by atoms with Gasteiger partial charge in [-0.15, -0.1) is 0 Å². The Morgan fingerprint density at radius 2 is 1.52 bits per heavy atom. The van der Waals surface area contributed by atoms with Gasteiger partial charge in [-0.05, 0) is 19.2 Å². The first-order chi connectivity index (χ1) is 12.8. The van der Waals surface area contributed by atoms with Gasteiger partial charge in [0.1, 0.15) is 22.9 Å². The zero-order chi connectivity index (χ0) is 19.1. The molecule has 0 radical (unpaired) electrons. The first kappa shape index (κ1) is 16.0. The molecule has 5 rings (SSSR count). The number of carbonyl (C=O) groups is 2. The monoisotopic (exact) mass is 367 g/mol. The van der Waals surface area contributed by atoms with E-state index in [1.54, 1.807) is 0 Å². The fourth-order valence-corrected chi connectivity index (χ4v) is 4.38. The van der Waals surface area contributed by atoms with Gasteiger partial charge in [0, 0.05) is 25.6 Å². The van der Waals surface area contributed by atoms with Crippen molar-refractivity contribution in [3.05, 3.63) is 40.5 Å². The number of anilines is 2. The van der Waals surface area contributed by atoms with E-state index in [1.807, 2.05) is 7.05 Å². The third-order valence-electron chi connectivity index (χ3n) is 5.57. The molecule has 27 heavy (non-hydrogen) atoms. The molecule has 8 nitrogen and oxygen atoms in total. The van der Waals surface area contributed by atoms with Gasteiger partial charge in [0.05, 0.1) is 33.6 Å². The zero-order valence-electron chi connectivity index (χ0n) is 14.5. The molecular formula is C19H17N3O5. The molecule has 2 aromatic carbocycles. The highest BCUT2D eigenvalue weighted by Crippen LogP contribution is 2.49. The summed E-state index contributed by atoms with van der Waals surface area (Å²) in [5, 5.41) is 37.4. The molecule has 2 heterocycles. The number of likely N-dealkylation sites (N-methyl/N-ethyl adjacent to an activating group) is 1. The number of hydrogen-bond acceptors (Lipinski definition) is 8. The van der Waals surface area contributed by atoms with Crippen molar-refractivity contribution in [1.82, 2.24) is 4.90 Å². The van der Waals surface area contributed by atoms with Crippen LogP contribution in [-0.2, 0) is 0 Å². The van der Waals surface area contributed by atoms with Gasteiger partial charge in [-0.2, -0.15) is 0 Å². The third-order valence-corrected chi connectivity index (χ3v) is 5.57. The Morgan fingerprint density at radius 3 is 2.11 bits per heavy atom. The molecule has 1 spiro atoms. The van der Waals surface area contributed by atoms with Crippen LogP contribution in [0, 0.1) is 0 Å². The lowest BCUT2D eigenvalue weighted by Crippen LogP contribution is -2.44. The van der Waals surface area contributed by atoms with Gasteiger partial charge < -0.3 is 30.9 Å². The second kappa shape index (κ2) is 4.92. The molecule has 2 aliphatic heterocycles. The van der Waals surface area contributed by atoms with Crippen LogP contribution < -0.4 is 10.6 Å². The number of likely N-dealkylation sites (tertiary alicyclic amines) is 1. The molecule has 3 aliphatic rings. The van der Waals surface area contributed by atoms with Crippen LogP contribution in [0.4, 0.5) is 11.4 Å². The van der Waals surface area contributed by atoms with Gasteiger partial charge in [-0.1, -0.05) is 0 Å². The maximum Gasteiger partial charge on any atom is 0.202 e. The average molecular weight is 367 g/mol. The molecule has 2 aromatic rings. The Labute approximate surface area is 154 Å². The predicted molar refractivity (Wildman–Crippen MR) is 96.8 cm³/mol. The summed E-state index contributed by atoms with van der Waals surface area (Å²) < 4.78 is 0. The van der Waals surface area contributed by atoms with Crippen LogP contribution in [0.15, 0.2) is 18.2 Å². The molecule has 1 saturated heterocycles. The van der Waals surface area contributed by atoms with E-state index in [4.69, 9.17) is 0 Å². The van der Waals surface area contributed by atoms with Gasteiger partial charge in [0.25, 0.3) is 0 Å². The normalized spacial score (nSPS) is 23.0. The number of nitrogens with zero attached hydrogens (tertiary/aromatic N) is 1. The molecule has 1 atom stereocenters. The summed E-state index contributed by atoms with van der Waals surface area (Å²) in [6.45, 7) is 1.54. The Kier molecular flexibility index (Phi) is 2.91. The fraction of sp³-hybridized carbons (Fsp3) is 0.263. The molecule has 8 heteroatoms. The number of nitrogens with one attached hydrogen (secondary N) is 2. The number of benzene rings is 2. The number of ketones is 2. The van der Waals surface area contributed by atoms with Crippen LogP contribution in [0.1, 0.15) is 38.3 Å². The van der Waals surface area contributed by atoms with Crippen molar-refractivity contribution < 1.29 is 24.9 Å². The summed E-state index contributed by atoms with van der Waals surface area (Å²) in [6.07, 6.45) is 0.776. The van der Waals surface area contributed by atoms with Crippen LogP contribution in [-0.4, -0.2) is 57.6 Å². The molecule has 1 aliphatic carbocycles. The van der Waals surface area contributed by atoms with E-state index >= 15 is 0 Å². The van der Waals surface area contributed by atoms with Crippen LogP contribution in [0.5, 0.6) is 17.2 Å². The van der Waals surface area contributed by atoms with Crippen molar-refractivity contribution in [2.75, 3.05) is 30.8 Å². The minimum atomic E-state index is -0.695. The molecule has 0 bridgehead atoms. The number of carbonyl (C=O) groups excluding carboxylic acids is 2. The lowest BCUT2D eigenvalue weighted by Gasteiger charge is -2.26. The minimum absolute atomic E-state index is 0.0160. The minimum Gasteiger partial charge on any atom is -0.507 e. The number of hydrogen-bond donors (Lipinski definition) is 5. The van der Waals surface area contributed by atoms with Gasteiger partial charge in [0.15, 0.2) is 0 Å². The lowest BCUT2D eigenvalue weighted by atomic mass is 9.81. The summed E-state index contributed by atoms with van der Waals surface area (Å²) in [4.78, 5) is 28.3. The maximum absolute atomic E-state index is 13.2. The van der Waals surface area contributed by atoms with Gasteiger partial charge in [-0.3, -0.25) is 9.59 Å². The number of phenols is 3. The molecule has 1 fully saturated rings. The second-order valence-corrected chi connectivity index (χ2v) is 7.40. The number of aromatic hydroxyl groups is 3. The summed E-state index contributed by atoms with van der Waals surface area (Å²) in [7, 11) is 1.99. The molecular weight excluding hydrogens is 350 g/mol. The summed E-state index contributed by atoms with van der Waals surface area (Å²) >= 11 is 0. The number of phenolic OH excluding ortho intramolecular Hbond substituents is 3. The molecule has 0 saturated carbocycles. The topological polar surface area (TPSA) is 122 Å². The van der Waals surface area contributed by atoms with Crippen LogP contribution in [0.25, 0.3) is 0 Å². The van der Waals surface area contributed by atoms with Crippen LogP contribution in [0.2, 0.25) is 0 Å². The number of rotatable bonds is 0. The SMILES string of the molecule is CN1CCC2(C1)Nc1cc(O)c3c(c1N2)C(=O)c1c(O)ccc(O)c1C3=O. The number of fused-ring (bicyclic) bond motifs is 4. The van der Waals surface area contributed by atoms with E-state index in [1.165, 1.54) is 12.1 Å². The Hall–Kier alpha value is -3.26. The standard InChI is InChI=1S/C19H17N3O5/c1-22-5-4-19(7-22)20-8-6-11(25)14-15(16(8)21-19)18(27)13-10(24)3-2-9(23)12(13)17(14)26/h2-3,6,20-21,23-25H,4-5,7H2,1H3. The third kappa shape index (κ3) is 1.95. The first-order valence-corrected chi connectivity index (χ1v) is 8.60. The Balaban J connectivity index is 1.74. The largest absolute Gasteiger partial charge is 0.507 e. The molecule has 5 N–H and O–H groups in total. The van der Waals surface area contributed by atoms with Crippen molar-refractivity contribution in [3.8, 4) is 17.2 Å². The van der Waals surface area contributed by atoms with E-state index in [2.05, 4.69) is 15.5 Å². The maximum atomic E-state index is 13.2. The lowest BCUT2D eigenvalue weighted by molar-refractivity contribution is 0.0972. The molecule has 1 unspecified atom stereocenters. The second-order valence-electron chi connectivity index (χ2n) is 7.40. The Morgan fingerprint density at radius 1 is 0.926 bits per heavy atom. The van der Waals surface area contributed by atoms with Crippen LogP contribution >= 0.6 is 0 Å². The highest BCUT2D eigenvalue weighted by Gasteiger charge is 2.46. The van der Waals surface area contributed by atoms with Crippen molar-refractivity contribution in [2.24, 2.45) is 0 Å². The van der Waals surface area contributed by atoms with Gasteiger partial charge in [-0.25, -0.2) is 0 Å². The van der Waals surface area contributed by atoms with Gasteiger partial charge >= 0.3 is 0 Å². The summed E-state index contributed by atoms with van der Waals surface area (Å²) in [6, 6.07) is 3.74. The highest BCUT2D eigenvalue weighted by atomic mass is 16.3. The molecule has 138 valence electrons. The van der Waals surface area contributed by atoms with Crippen molar-refractivity contribution in [3.63, 3.8) is 0 Å². The van der Waals surface area contributed by atoms with E-state index in [0.717, 1.165) is 19.0 Å². The summed E-state index contributed by atoms with van der Waals surface area (Å²) in [5.41, 5.74) is -0.193. The highest BCUT2D eigenvalue weighted by molar-refractivity contribution is 6.33. The quantitative estimate of drug-likeness (QED) is 0.379. The van der Waals surface area contributed by atoms with E-state index in [9.17, 15) is 24.9 Å². The van der Waals surface area contributed by atoms with E-state index < -0.39 is 23.0 Å². The fourth-order valence-electron chi connectivity index (χ4n) is 4.38. The average Bonchev–Trinajstić information content (AvgIpc) is 3.15. The first-order valence-electron chi connectivity index (χ1n) is 8.60. The van der Waals surface area contributed by atoms with Crippen molar-refractivity contribution in [2.45, 2.75) is 12.1 Å². The van der Waals surface area contributed by atoms with Crippen molar-refractivity contribution in [1.29, 1.82) is 0 Å². The zero-order valence-corrected chi connectivity index (χ0v) is 14.5. The molecule has 0 aromatic heterocycles. The van der Waals surface area contributed by atoms with Crippen LogP contribution in [0.3, 0.4) is 0 Å². The van der Waals surface area contributed by atoms with Crippen molar-refractivity contribution >= 4 is 22.9 Å². The van der Waals surface area contributed by atoms with E-state index in [-0.39, 0.29) is 33.8 Å². The Bertz CT molecular complexity index is 1060. The smallest absolute Gasteiger partial charge is 0.202 e. The van der Waals surface area contributed by atoms with Gasteiger partial charge in [0.2, 0.25) is 11.6 Å². The van der Waals surface area contributed by atoms with E-state index in [0.29, 0.717) is 17.9 Å². The predicted octanol–water partition coefficient (Wildman–Crippen LogP) is 1.45. The molecule has 0 amide bonds.